The lowest BCUT2D eigenvalue weighted by Gasteiger charge is -2.20. The van der Waals surface area contributed by atoms with Crippen LogP contribution in [0.25, 0.3) is 10.4 Å². The van der Waals surface area contributed by atoms with Crippen LogP contribution >= 0.6 is 11.3 Å². The Labute approximate surface area is 121 Å². The molecule has 1 unspecified atom stereocenters. The van der Waals surface area contributed by atoms with Crippen LogP contribution in [0, 0.1) is 5.82 Å². The van der Waals surface area contributed by atoms with Gasteiger partial charge in [0.15, 0.2) is 0 Å². The van der Waals surface area contributed by atoms with Gasteiger partial charge in [0.05, 0.1) is 4.88 Å². The molecule has 3 rings (SSSR count). The molecule has 1 fully saturated rings. The van der Waals surface area contributed by atoms with E-state index in [9.17, 15) is 9.18 Å². The van der Waals surface area contributed by atoms with Gasteiger partial charge in [0, 0.05) is 17.5 Å². The zero-order valence-electron chi connectivity index (χ0n) is 11.3. The molecule has 20 heavy (non-hydrogen) atoms. The zero-order valence-corrected chi connectivity index (χ0v) is 12.1. The van der Waals surface area contributed by atoms with Crippen LogP contribution < -0.4 is 0 Å². The molecular formula is C16H16FNOS. The third-order valence-corrected chi connectivity index (χ3v) is 4.88. The highest BCUT2D eigenvalue weighted by molar-refractivity contribution is 7.17. The number of amides is 1. The molecule has 0 aliphatic carbocycles. The summed E-state index contributed by atoms with van der Waals surface area (Å²) in [6.07, 6.45) is 2.17. The van der Waals surface area contributed by atoms with Crippen molar-refractivity contribution in [1.29, 1.82) is 0 Å². The van der Waals surface area contributed by atoms with Crippen LogP contribution in [0.15, 0.2) is 36.4 Å². The first-order valence-corrected chi connectivity index (χ1v) is 7.63. The van der Waals surface area contributed by atoms with Gasteiger partial charge in [0.25, 0.3) is 5.91 Å². The van der Waals surface area contributed by atoms with Crippen molar-refractivity contribution >= 4 is 17.2 Å². The van der Waals surface area contributed by atoms with E-state index in [4.69, 9.17) is 0 Å². The van der Waals surface area contributed by atoms with E-state index in [1.807, 2.05) is 17.0 Å². The summed E-state index contributed by atoms with van der Waals surface area (Å²) in [5.41, 5.74) is 0.949. The summed E-state index contributed by atoms with van der Waals surface area (Å²) in [6, 6.07) is 10.5. The number of likely N-dealkylation sites (tertiary alicyclic amines) is 1. The number of hydrogen-bond acceptors (Lipinski definition) is 2. The molecule has 4 heteroatoms. The fraction of sp³-hybridized carbons (Fsp3) is 0.312. The highest BCUT2D eigenvalue weighted by atomic mass is 32.1. The summed E-state index contributed by atoms with van der Waals surface area (Å²) in [5, 5.41) is 0. The van der Waals surface area contributed by atoms with Gasteiger partial charge in [-0.05, 0) is 49.6 Å². The Morgan fingerprint density at radius 2 is 2.00 bits per heavy atom. The molecule has 2 nitrogen and oxygen atoms in total. The smallest absolute Gasteiger partial charge is 0.264 e. The monoisotopic (exact) mass is 289 g/mol. The Morgan fingerprint density at radius 3 is 2.65 bits per heavy atom. The minimum atomic E-state index is -0.243. The van der Waals surface area contributed by atoms with Crippen LogP contribution in [0.4, 0.5) is 4.39 Å². The fourth-order valence-electron chi connectivity index (χ4n) is 2.60. The second-order valence-electron chi connectivity index (χ2n) is 5.16. The average Bonchev–Trinajstić information content (AvgIpc) is 3.08. The third kappa shape index (κ3) is 2.48. The standard InChI is InChI=1S/C16H16FNOS/c1-11-3-2-10-18(11)16(19)15-9-8-14(20-15)12-4-6-13(17)7-5-12/h4-9,11H,2-3,10H2,1H3. The van der Waals surface area contributed by atoms with E-state index in [2.05, 4.69) is 6.92 Å². The van der Waals surface area contributed by atoms with E-state index in [0.29, 0.717) is 6.04 Å². The van der Waals surface area contributed by atoms with Crippen LogP contribution in [0.5, 0.6) is 0 Å². The summed E-state index contributed by atoms with van der Waals surface area (Å²) in [5.74, 6) is -0.124. The van der Waals surface area contributed by atoms with Crippen molar-refractivity contribution in [2.24, 2.45) is 0 Å². The average molecular weight is 289 g/mol. The van der Waals surface area contributed by atoms with Crippen molar-refractivity contribution in [3.8, 4) is 10.4 Å². The first kappa shape index (κ1) is 13.3. The molecule has 0 N–H and O–H groups in total. The molecule has 1 aliphatic rings. The van der Waals surface area contributed by atoms with Gasteiger partial charge in [-0.3, -0.25) is 4.79 Å². The largest absolute Gasteiger partial charge is 0.335 e. The Balaban J connectivity index is 1.83. The molecule has 0 radical (unpaired) electrons. The first-order valence-electron chi connectivity index (χ1n) is 6.82. The Morgan fingerprint density at radius 1 is 1.25 bits per heavy atom. The third-order valence-electron chi connectivity index (χ3n) is 3.76. The predicted molar refractivity (Wildman–Crippen MR) is 79.4 cm³/mol. The van der Waals surface area contributed by atoms with E-state index < -0.39 is 0 Å². The maximum Gasteiger partial charge on any atom is 0.264 e. The maximum atomic E-state index is 12.9. The number of hydrogen-bond donors (Lipinski definition) is 0. The van der Waals surface area contributed by atoms with E-state index in [0.717, 1.165) is 34.7 Å². The molecule has 0 spiro atoms. The number of rotatable bonds is 2. The molecule has 1 aliphatic heterocycles. The Bertz CT molecular complexity index is 620. The highest BCUT2D eigenvalue weighted by Gasteiger charge is 2.26. The fourth-order valence-corrected chi connectivity index (χ4v) is 3.57. The van der Waals surface area contributed by atoms with Gasteiger partial charge >= 0.3 is 0 Å². The number of nitrogens with zero attached hydrogens (tertiary/aromatic N) is 1. The molecule has 1 aromatic heterocycles. The SMILES string of the molecule is CC1CCCN1C(=O)c1ccc(-c2ccc(F)cc2)s1. The summed E-state index contributed by atoms with van der Waals surface area (Å²) < 4.78 is 12.9. The maximum absolute atomic E-state index is 12.9. The Kier molecular flexibility index (Phi) is 3.57. The molecule has 0 bridgehead atoms. The molecule has 1 aromatic carbocycles. The number of carbonyl (C=O) groups excluding carboxylic acids is 1. The zero-order chi connectivity index (χ0) is 14.1. The van der Waals surface area contributed by atoms with Crippen LogP contribution in [0.3, 0.4) is 0 Å². The van der Waals surface area contributed by atoms with Crippen molar-refractivity contribution in [3.63, 3.8) is 0 Å². The van der Waals surface area contributed by atoms with Gasteiger partial charge < -0.3 is 4.90 Å². The van der Waals surface area contributed by atoms with E-state index in [1.54, 1.807) is 12.1 Å². The lowest BCUT2D eigenvalue weighted by atomic mass is 10.2. The van der Waals surface area contributed by atoms with E-state index in [1.165, 1.54) is 23.5 Å². The summed E-state index contributed by atoms with van der Waals surface area (Å²) >= 11 is 1.48. The molecule has 0 saturated carbocycles. The van der Waals surface area contributed by atoms with Gasteiger partial charge in [-0.15, -0.1) is 11.3 Å². The quantitative estimate of drug-likeness (QED) is 0.812. The predicted octanol–water partition coefficient (Wildman–Crippen LogP) is 4.18. The summed E-state index contributed by atoms with van der Waals surface area (Å²) in [6.45, 7) is 2.95. The molecule has 1 saturated heterocycles. The normalized spacial score (nSPS) is 18.5. The van der Waals surface area contributed by atoms with E-state index >= 15 is 0 Å². The Hall–Kier alpha value is -1.68. The van der Waals surface area contributed by atoms with Crippen molar-refractivity contribution < 1.29 is 9.18 Å². The number of thiophene rings is 1. The molecule has 2 aromatic rings. The van der Waals surface area contributed by atoms with Gasteiger partial charge in [-0.1, -0.05) is 12.1 Å². The molecule has 2 heterocycles. The topological polar surface area (TPSA) is 20.3 Å². The van der Waals surface area contributed by atoms with Crippen LogP contribution in [-0.4, -0.2) is 23.4 Å². The van der Waals surface area contributed by atoms with Crippen molar-refractivity contribution in [2.45, 2.75) is 25.8 Å². The van der Waals surface area contributed by atoms with Gasteiger partial charge in [0.2, 0.25) is 0 Å². The number of halogens is 1. The number of benzene rings is 1. The molecule has 104 valence electrons. The van der Waals surface area contributed by atoms with Gasteiger partial charge in [-0.25, -0.2) is 4.39 Å². The van der Waals surface area contributed by atoms with Crippen LogP contribution in [-0.2, 0) is 0 Å². The van der Waals surface area contributed by atoms with Gasteiger partial charge in [-0.2, -0.15) is 0 Å². The summed E-state index contributed by atoms with van der Waals surface area (Å²) in [4.78, 5) is 16.1. The second-order valence-corrected chi connectivity index (χ2v) is 6.24. The van der Waals surface area contributed by atoms with Crippen molar-refractivity contribution in [3.05, 3.63) is 47.1 Å². The lowest BCUT2D eigenvalue weighted by Crippen LogP contribution is -2.32. The van der Waals surface area contributed by atoms with Crippen molar-refractivity contribution in [2.75, 3.05) is 6.54 Å². The molecule has 1 atom stereocenters. The van der Waals surface area contributed by atoms with Crippen LogP contribution in [0.1, 0.15) is 29.4 Å². The van der Waals surface area contributed by atoms with E-state index in [-0.39, 0.29) is 11.7 Å². The molecular weight excluding hydrogens is 273 g/mol. The summed E-state index contributed by atoms with van der Waals surface area (Å²) in [7, 11) is 0. The highest BCUT2D eigenvalue weighted by Crippen LogP contribution is 2.30. The first-order chi connectivity index (χ1) is 9.65. The second kappa shape index (κ2) is 5.37. The van der Waals surface area contributed by atoms with Crippen molar-refractivity contribution in [1.82, 2.24) is 4.90 Å². The van der Waals surface area contributed by atoms with Crippen LogP contribution in [0.2, 0.25) is 0 Å². The van der Waals surface area contributed by atoms with Gasteiger partial charge in [0.1, 0.15) is 5.82 Å². The minimum Gasteiger partial charge on any atom is -0.335 e. The number of carbonyl (C=O) groups is 1. The minimum absolute atomic E-state index is 0.119. The lowest BCUT2D eigenvalue weighted by molar-refractivity contribution is 0.0752. The molecule has 1 amide bonds.